The lowest BCUT2D eigenvalue weighted by Gasteiger charge is -2.39. The van der Waals surface area contributed by atoms with Crippen LogP contribution in [0.1, 0.15) is 30.7 Å². The molecule has 9 heteroatoms. The van der Waals surface area contributed by atoms with Crippen molar-refractivity contribution in [3.05, 3.63) is 77.9 Å². The number of benzene rings is 3. The van der Waals surface area contributed by atoms with Crippen LogP contribution in [0.2, 0.25) is 0 Å². The summed E-state index contributed by atoms with van der Waals surface area (Å²) < 4.78 is 39.9. The summed E-state index contributed by atoms with van der Waals surface area (Å²) >= 11 is 0. The molecule has 3 aromatic carbocycles. The summed E-state index contributed by atoms with van der Waals surface area (Å²) in [6.45, 7) is 7.19. The number of anilines is 2. The van der Waals surface area contributed by atoms with E-state index in [1.165, 1.54) is 0 Å². The first-order valence-electron chi connectivity index (χ1n) is 12.5. The molecule has 37 heavy (non-hydrogen) atoms. The van der Waals surface area contributed by atoms with E-state index in [1.54, 1.807) is 49.6 Å². The molecule has 1 fully saturated rings. The first-order chi connectivity index (χ1) is 17.8. The molecule has 0 bridgehead atoms. The maximum Gasteiger partial charge on any atom is 0.261 e. The van der Waals surface area contributed by atoms with Crippen molar-refractivity contribution in [3.8, 4) is 11.5 Å². The average molecular weight is 526 g/mol. The molecular weight excluding hydrogens is 490 g/mol. The van der Waals surface area contributed by atoms with Gasteiger partial charge in [0.2, 0.25) is 0 Å². The second kappa shape index (κ2) is 11.9. The highest BCUT2D eigenvalue weighted by molar-refractivity contribution is 7.92. The van der Waals surface area contributed by atoms with Crippen LogP contribution in [0.5, 0.6) is 11.5 Å². The van der Waals surface area contributed by atoms with Crippen molar-refractivity contribution in [2.45, 2.75) is 31.4 Å². The van der Waals surface area contributed by atoms with Gasteiger partial charge in [-0.3, -0.25) is 9.62 Å². The van der Waals surface area contributed by atoms with Crippen molar-refractivity contribution in [1.82, 2.24) is 4.90 Å². The van der Waals surface area contributed by atoms with Crippen LogP contribution in [-0.2, 0) is 10.0 Å². The molecule has 0 amide bonds. The molecule has 8 nitrogen and oxygen atoms in total. The molecule has 1 unspecified atom stereocenters. The highest BCUT2D eigenvalue weighted by Gasteiger charge is 2.27. The van der Waals surface area contributed by atoms with E-state index in [-0.39, 0.29) is 4.90 Å². The highest BCUT2D eigenvalue weighted by Crippen LogP contribution is 2.31. The van der Waals surface area contributed by atoms with Gasteiger partial charge in [-0.15, -0.1) is 0 Å². The van der Waals surface area contributed by atoms with Gasteiger partial charge in [-0.2, -0.15) is 0 Å². The van der Waals surface area contributed by atoms with Crippen molar-refractivity contribution in [3.63, 3.8) is 0 Å². The Morgan fingerprint density at radius 2 is 1.70 bits per heavy atom. The molecule has 0 aromatic heterocycles. The van der Waals surface area contributed by atoms with Crippen molar-refractivity contribution < 1.29 is 23.0 Å². The molecule has 1 aliphatic rings. The first-order valence-corrected chi connectivity index (χ1v) is 14.0. The summed E-state index contributed by atoms with van der Waals surface area (Å²) in [6, 6.07) is 19.6. The van der Waals surface area contributed by atoms with Gasteiger partial charge in [0, 0.05) is 31.9 Å². The molecule has 0 aliphatic carbocycles. The maximum absolute atomic E-state index is 13.1. The number of aliphatic hydroxyl groups excluding tert-OH is 1. The number of aryl methyl sites for hydroxylation is 1. The Morgan fingerprint density at radius 1 is 1.00 bits per heavy atom. The average Bonchev–Trinajstić information content (AvgIpc) is 2.92. The molecule has 198 valence electrons. The van der Waals surface area contributed by atoms with Gasteiger partial charge < -0.3 is 19.5 Å². The second-order valence-electron chi connectivity index (χ2n) is 9.07. The maximum atomic E-state index is 13.1. The SMILES string of the molecule is CCCOc1ccc(NS(=O)(=O)c2ccc(C)c(C(O)N3CCN(c4ccccc4OC)CC3)c2)cc1. The van der Waals surface area contributed by atoms with Crippen LogP contribution in [-0.4, -0.2) is 58.3 Å². The Hall–Kier alpha value is -3.27. The summed E-state index contributed by atoms with van der Waals surface area (Å²) in [4.78, 5) is 4.30. The molecular formula is C28H35N3O5S. The fourth-order valence-electron chi connectivity index (χ4n) is 4.41. The van der Waals surface area contributed by atoms with Crippen LogP contribution in [0.4, 0.5) is 11.4 Å². The van der Waals surface area contributed by atoms with E-state index in [9.17, 15) is 13.5 Å². The molecule has 1 saturated heterocycles. The van der Waals surface area contributed by atoms with E-state index in [0.717, 1.165) is 23.4 Å². The van der Waals surface area contributed by atoms with Gasteiger partial charge in [0.15, 0.2) is 0 Å². The minimum atomic E-state index is -3.84. The van der Waals surface area contributed by atoms with Gasteiger partial charge in [0.25, 0.3) is 10.0 Å². The van der Waals surface area contributed by atoms with Gasteiger partial charge in [-0.1, -0.05) is 25.1 Å². The van der Waals surface area contributed by atoms with Crippen molar-refractivity contribution in [1.29, 1.82) is 0 Å². The molecule has 3 aromatic rings. The lowest BCUT2D eigenvalue weighted by Crippen LogP contribution is -2.47. The van der Waals surface area contributed by atoms with E-state index in [4.69, 9.17) is 9.47 Å². The molecule has 0 spiro atoms. The summed E-state index contributed by atoms with van der Waals surface area (Å²) in [7, 11) is -2.18. The Morgan fingerprint density at radius 3 is 2.38 bits per heavy atom. The van der Waals surface area contributed by atoms with E-state index in [2.05, 4.69) is 9.62 Å². The predicted molar refractivity (Wildman–Crippen MR) is 146 cm³/mol. The zero-order chi connectivity index (χ0) is 26.4. The predicted octanol–water partition coefficient (Wildman–Crippen LogP) is 4.41. The van der Waals surface area contributed by atoms with Gasteiger partial charge in [0.1, 0.15) is 17.7 Å². The summed E-state index contributed by atoms with van der Waals surface area (Å²) in [5, 5.41) is 11.2. The number of nitrogens with one attached hydrogen (secondary N) is 1. The van der Waals surface area contributed by atoms with Crippen molar-refractivity contribution in [2.75, 3.05) is 49.5 Å². The number of para-hydroxylation sites is 2. The molecule has 2 N–H and O–H groups in total. The van der Waals surface area contributed by atoms with Crippen LogP contribution >= 0.6 is 0 Å². The number of piperazine rings is 1. The monoisotopic (exact) mass is 525 g/mol. The number of rotatable bonds is 10. The van der Waals surface area contributed by atoms with Gasteiger partial charge in [-0.05, 0) is 73.0 Å². The third-order valence-electron chi connectivity index (χ3n) is 6.50. The summed E-state index contributed by atoms with van der Waals surface area (Å²) in [5.41, 5.74) is 2.88. The van der Waals surface area contributed by atoms with E-state index in [0.29, 0.717) is 49.8 Å². The van der Waals surface area contributed by atoms with Crippen molar-refractivity contribution in [2.24, 2.45) is 0 Å². The van der Waals surface area contributed by atoms with E-state index < -0.39 is 16.3 Å². The third kappa shape index (κ3) is 6.36. The van der Waals surface area contributed by atoms with E-state index >= 15 is 0 Å². The third-order valence-corrected chi connectivity index (χ3v) is 7.88. The van der Waals surface area contributed by atoms with Crippen LogP contribution in [0.25, 0.3) is 0 Å². The van der Waals surface area contributed by atoms with Crippen LogP contribution in [0.3, 0.4) is 0 Å². The summed E-state index contributed by atoms with van der Waals surface area (Å²) in [6.07, 6.45) is -0.0158. The van der Waals surface area contributed by atoms with Crippen LogP contribution in [0.15, 0.2) is 71.6 Å². The number of sulfonamides is 1. The molecule has 1 aliphatic heterocycles. The quantitative estimate of drug-likeness (QED) is 0.405. The van der Waals surface area contributed by atoms with Gasteiger partial charge >= 0.3 is 0 Å². The number of aliphatic hydroxyl groups is 1. The Balaban J connectivity index is 1.45. The minimum absolute atomic E-state index is 0.103. The van der Waals surface area contributed by atoms with Crippen LogP contribution in [0, 0.1) is 6.92 Å². The molecule has 4 rings (SSSR count). The lowest BCUT2D eigenvalue weighted by molar-refractivity contribution is -0.00223. The molecule has 0 saturated carbocycles. The lowest BCUT2D eigenvalue weighted by atomic mass is 10.1. The smallest absolute Gasteiger partial charge is 0.261 e. The molecule has 1 atom stereocenters. The highest BCUT2D eigenvalue weighted by atomic mass is 32.2. The fraction of sp³-hybridized carbons (Fsp3) is 0.357. The van der Waals surface area contributed by atoms with Gasteiger partial charge in [0.05, 0.1) is 24.3 Å². The largest absolute Gasteiger partial charge is 0.495 e. The number of methoxy groups -OCH3 is 1. The Bertz CT molecular complexity index is 1290. The number of hydrogen-bond acceptors (Lipinski definition) is 7. The number of nitrogens with zero attached hydrogens (tertiary/aromatic N) is 2. The van der Waals surface area contributed by atoms with Crippen LogP contribution < -0.4 is 19.1 Å². The number of hydrogen-bond donors (Lipinski definition) is 2. The normalized spacial score (nSPS) is 15.3. The second-order valence-corrected chi connectivity index (χ2v) is 10.7. The summed E-state index contributed by atoms with van der Waals surface area (Å²) in [5.74, 6) is 1.51. The van der Waals surface area contributed by atoms with Crippen molar-refractivity contribution >= 4 is 21.4 Å². The molecule has 1 heterocycles. The number of ether oxygens (including phenoxy) is 2. The Kier molecular flexibility index (Phi) is 8.58. The first kappa shape index (κ1) is 26.8. The fourth-order valence-corrected chi connectivity index (χ4v) is 5.51. The standard InChI is InChI=1S/C28H35N3O5S/c1-4-19-36-23-12-10-22(11-13-23)29-37(33,34)24-14-9-21(2)25(20-24)28(32)31-17-15-30(16-18-31)26-7-5-6-8-27(26)35-3/h5-14,20,28-29,32H,4,15-19H2,1-3H3. The Labute approximate surface area is 219 Å². The van der Waals surface area contributed by atoms with E-state index in [1.807, 2.05) is 43.0 Å². The minimum Gasteiger partial charge on any atom is -0.495 e. The van der Waals surface area contributed by atoms with Gasteiger partial charge in [-0.25, -0.2) is 8.42 Å². The zero-order valence-corrected chi connectivity index (χ0v) is 22.4. The topological polar surface area (TPSA) is 91.3 Å². The molecule has 0 radical (unpaired) electrons. The zero-order valence-electron chi connectivity index (χ0n) is 21.6.